The molecular formula is C16H15BrN2S. The predicted molar refractivity (Wildman–Crippen MR) is 91.3 cm³/mol. The second-order valence-electron chi connectivity index (χ2n) is 4.99. The summed E-state index contributed by atoms with van der Waals surface area (Å²) in [5.41, 5.74) is 5.84. The number of nitrogens with zero attached hydrogens (tertiary/aromatic N) is 1. The van der Waals surface area contributed by atoms with Crippen molar-refractivity contribution in [1.29, 1.82) is 0 Å². The first-order valence-corrected chi connectivity index (χ1v) is 8.05. The fourth-order valence-electron chi connectivity index (χ4n) is 2.28. The average Bonchev–Trinajstić information content (AvgIpc) is 2.80. The maximum atomic E-state index is 4.68. The van der Waals surface area contributed by atoms with Gasteiger partial charge in [-0.25, -0.2) is 4.98 Å². The van der Waals surface area contributed by atoms with Crippen LogP contribution in [0.25, 0.3) is 10.2 Å². The Morgan fingerprint density at radius 3 is 2.40 bits per heavy atom. The highest BCUT2D eigenvalue weighted by atomic mass is 79.9. The van der Waals surface area contributed by atoms with Gasteiger partial charge in [-0.1, -0.05) is 39.4 Å². The van der Waals surface area contributed by atoms with Crippen LogP contribution in [-0.2, 0) is 0 Å². The zero-order chi connectivity index (χ0) is 14.3. The predicted octanol–water partition coefficient (Wildman–Crippen LogP) is 5.73. The summed E-state index contributed by atoms with van der Waals surface area (Å²) < 4.78 is 2.39. The van der Waals surface area contributed by atoms with Crippen LogP contribution in [-0.4, -0.2) is 4.98 Å². The van der Waals surface area contributed by atoms with E-state index in [2.05, 4.69) is 77.3 Å². The highest BCUT2D eigenvalue weighted by Gasteiger charge is 2.07. The second-order valence-corrected chi connectivity index (χ2v) is 6.81. The van der Waals surface area contributed by atoms with E-state index in [1.54, 1.807) is 11.3 Å². The molecule has 2 aromatic carbocycles. The average molecular weight is 347 g/mol. The van der Waals surface area contributed by atoms with Gasteiger partial charge in [0.25, 0.3) is 0 Å². The molecule has 0 aliphatic carbocycles. The highest BCUT2D eigenvalue weighted by molar-refractivity contribution is 9.10. The van der Waals surface area contributed by atoms with Gasteiger partial charge in [-0.05, 0) is 55.7 Å². The fourth-order valence-corrected chi connectivity index (χ4v) is 3.47. The van der Waals surface area contributed by atoms with E-state index in [0.717, 1.165) is 16.3 Å². The molecule has 0 fully saturated rings. The van der Waals surface area contributed by atoms with Gasteiger partial charge >= 0.3 is 0 Å². The maximum Gasteiger partial charge on any atom is 0.188 e. The molecule has 1 aromatic heterocycles. The Morgan fingerprint density at radius 1 is 1.05 bits per heavy atom. The third-order valence-corrected chi connectivity index (χ3v) is 5.50. The summed E-state index contributed by atoms with van der Waals surface area (Å²) in [7, 11) is 0. The number of halogens is 1. The van der Waals surface area contributed by atoms with Gasteiger partial charge in [0.15, 0.2) is 5.13 Å². The van der Waals surface area contributed by atoms with Crippen LogP contribution in [0.15, 0.2) is 34.8 Å². The lowest BCUT2D eigenvalue weighted by Gasteiger charge is -2.08. The quantitative estimate of drug-likeness (QED) is 0.641. The number of rotatable bonds is 2. The Hall–Kier alpha value is -1.39. The zero-order valence-corrected chi connectivity index (χ0v) is 14.0. The first-order valence-electron chi connectivity index (χ1n) is 6.44. The highest BCUT2D eigenvalue weighted by Crippen LogP contribution is 2.32. The molecule has 0 spiro atoms. The number of aryl methyl sites for hydroxylation is 3. The van der Waals surface area contributed by atoms with Gasteiger partial charge in [-0.3, -0.25) is 0 Å². The molecule has 0 unspecified atom stereocenters. The number of hydrogen-bond acceptors (Lipinski definition) is 3. The number of aromatic nitrogens is 1. The topological polar surface area (TPSA) is 24.9 Å². The van der Waals surface area contributed by atoms with Gasteiger partial charge in [0.05, 0.1) is 10.2 Å². The lowest BCUT2D eigenvalue weighted by Crippen LogP contribution is -1.92. The van der Waals surface area contributed by atoms with Gasteiger partial charge in [0.2, 0.25) is 0 Å². The first-order chi connectivity index (χ1) is 9.54. The van der Waals surface area contributed by atoms with E-state index in [4.69, 9.17) is 0 Å². The van der Waals surface area contributed by atoms with Crippen molar-refractivity contribution in [2.75, 3.05) is 5.32 Å². The van der Waals surface area contributed by atoms with Crippen LogP contribution < -0.4 is 5.32 Å². The van der Waals surface area contributed by atoms with Crippen LogP contribution in [0.3, 0.4) is 0 Å². The number of anilines is 2. The number of para-hydroxylation sites is 1. The molecule has 0 bridgehead atoms. The van der Waals surface area contributed by atoms with E-state index in [1.165, 1.54) is 25.9 Å². The number of thiazole rings is 1. The van der Waals surface area contributed by atoms with Crippen molar-refractivity contribution in [1.82, 2.24) is 4.98 Å². The normalized spacial score (nSPS) is 11.0. The molecule has 0 saturated carbocycles. The van der Waals surface area contributed by atoms with Crippen LogP contribution in [0, 0.1) is 20.8 Å². The van der Waals surface area contributed by atoms with Crippen molar-refractivity contribution in [2.24, 2.45) is 0 Å². The molecule has 0 aliphatic heterocycles. The van der Waals surface area contributed by atoms with E-state index < -0.39 is 0 Å². The van der Waals surface area contributed by atoms with Crippen molar-refractivity contribution >= 4 is 48.3 Å². The number of fused-ring (bicyclic) bond motifs is 1. The summed E-state index contributed by atoms with van der Waals surface area (Å²) in [6.45, 7) is 6.30. The lowest BCUT2D eigenvalue weighted by atomic mass is 10.1. The van der Waals surface area contributed by atoms with Crippen LogP contribution in [0.2, 0.25) is 0 Å². The minimum absolute atomic E-state index is 0.940. The van der Waals surface area contributed by atoms with Gasteiger partial charge in [0.1, 0.15) is 0 Å². The minimum Gasteiger partial charge on any atom is -0.332 e. The van der Waals surface area contributed by atoms with Crippen LogP contribution in [0.1, 0.15) is 16.7 Å². The van der Waals surface area contributed by atoms with Crippen LogP contribution >= 0.6 is 27.3 Å². The Balaban J connectivity index is 1.99. The summed E-state index contributed by atoms with van der Waals surface area (Å²) in [6, 6.07) is 10.6. The van der Waals surface area contributed by atoms with Crippen LogP contribution in [0.4, 0.5) is 10.8 Å². The van der Waals surface area contributed by atoms with E-state index in [-0.39, 0.29) is 0 Å². The first kappa shape index (κ1) is 13.6. The Labute approximate surface area is 131 Å². The Kier molecular flexibility index (Phi) is 3.52. The zero-order valence-electron chi connectivity index (χ0n) is 11.6. The molecule has 20 heavy (non-hydrogen) atoms. The molecule has 0 amide bonds. The SMILES string of the molecule is Cc1cc(Nc2nc3c(C)cccc3s2)cc(C)c1Br. The molecule has 0 saturated heterocycles. The number of hydrogen-bond donors (Lipinski definition) is 1. The fraction of sp³-hybridized carbons (Fsp3) is 0.188. The molecule has 0 atom stereocenters. The number of benzene rings is 2. The van der Waals surface area contributed by atoms with E-state index in [1.807, 2.05) is 0 Å². The second kappa shape index (κ2) is 5.19. The van der Waals surface area contributed by atoms with E-state index >= 15 is 0 Å². The maximum absolute atomic E-state index is 4.68. The standard InChI is InChI=1S/C16H15BrN2S/c1-9-5-4-6-13-15(9)19-16(20-13)18-12-7-10(2)14(17)11(3)8-12/h4-8H,1-3H3,(H,18,19). The minimum atomic E-state index is 0.940. The third kappa shape index (κ3) is 2.45. The summed E-state index contributed by atoms with van der Waals surface area (Å²) in [5, 5.41) is 4.36. The van der Waals surface area contributed by atoms with E-state index in [0.29, 0.717) is 0 Å². The summed E-state index contributed by atoms with van der Waals surface area (Å²) >= 11 is 5.28. The van der Waals surface area contributed by atoms with Crippen molar-refractivity contribution in [3.63, 3.8) is 0 Å². The van der Waals surface area contributed by atoms with Gasteiger partial charge < -0.3 is 5.32 Å². The molecule has 2 nitrogen and oxygen atoms in total. The number of nitrogens with one attached hydrogen (secondary N) is 1. The van der Waals surface area contributed by atoms with Gasteiger partial charge in [0, 0.05) is 10.2 Å². The van der Waals surface area contributed by atoms with E-state index in [9.17, 15) is 0 Å². The smallest absolute Gasteiger partial charge is 0.188 e. The summed E-state index contributed by atoms with van der Waals surface area (Å²) in [6.07, 6.45) is 0. The van der Waals surface area contributed by atoms with Gasteiger partial charge in [-0.2, -0.15) is 0 Å². The molecule has 0 aliphatic rings. The van der Waals surface area contributed by atoms with Crippen molar-refractivity contribution in [3.05, 3.63) is 51.5 Å². The summed E-state index contributed by atoms with van der Waals surface area (Å²) in [5.74, 6) is 0. The molecular weight excluding hydrogens is 332 g/mol. The Bertz CT molecular complexity index is 769. The van der Waals surface area contributed by atoms with Gasteiger partial charge in [-0.15, -0.1) is 0 Å². The molecule has 3 rings (SSSR count). The molecule has 3 aromatic rings. The lowest BCUT2D eigenvalue weighted by molar-refractivity contribution is 1.33. The van der Waals surface area contributed by atoms with Crippen molar-refractivity contribution < 1.29 is 0 Å². The summed E-state index contributed by atoms with van der Waals surface area (Å²) in [4.78, 5) is 4.68. The molecule has 1 heterocycles. The third-order valence-electron chi connectivity index (χ3n) is 3.31. The molecule has 0 radical (unpaired) electrons. The molecule has 4 heteroatoms. The molecule has 1 N–H and O–H groups in total. The monoisotopic (exact) mass is 346 g/mol. The largest absolute Gasteiger partial charge is 0.332 e. The Morgan fingerprint density at radius 2 is 1.75 bits per heavy atom. The molecule has 102 valence electrons. The van der Waals surface area contributed by atoms with Crippen molar-refractivity contribution in [2.45, 2.75) is 20.8 Å². The van der Waals surface area contributed by atoms with Crippen LogP contribution in [0.5, 0.6) is 0 Å². The van der Waals surface area contributed by atoms with Crippen molar-refractivity contribution in [3.8, 4) is 0 Å².